The van der Waals surface area contributed by atoms with Gasteiger partial charge < -0.3 is 0 Å². The molecular weight excluding hydrogens is 248 g/mol. The summed E-state index contributed by atoms with van der Waals surface area (Å²) >= 11 is 0. The quantitative estimate of drug-likeness (QED) is 0.781. The fraction of sp³-hybridized carbons (Fsp3) is 0.462. The van der Waals surface area contributed by atoms with Crippen LogP contribution >= 0.6 is 0 Å². The summed E-state index contributed by atoms with van der Waals surface area (Å²) < 4.78 is 26.2. The second-order valence-corrected chi connectivity index (χ2v) is 6.58. The molecule has 4 nitrogen and oxygen atoms in total. The highest BCUT2D eigenvalue weighted by Crippen LogP contribution is 2.32. The van der Waals surface area contributed by atoms with E-state index in [0.717, 1.165) is 24.0 Å². The van der Waals surface area contributed by atoms with Crippen LogP contribution in [0.15, 0.2) is 23.1 Å². The minimum Gasteiger partial charge on any atom is -0.207 e. The average molecular weight is 264 g/mol. The summed E-state index contributed by atoms with van der Waals surface area (Å²) in [6, 6.07) is 7.05. The molecule has 1 aromatic carbocycles. The zero-order chi connectivity index (χ0) is 13.3. The lowest BCUT2D eigenvalue weighted by atomic mass is 10.1. The lowest BCUT2D eigenvalue weighted by Crippen LogP contribution is -2.33. The molecule has 1 fully saturated rings. The standard InChI is InChI=1S/C13H16N2O2S/c1-10-3-6-13(9-11(10)2)18(16,17)15(8-7-14)12-4-5-12/h3,6,9,12H,4-5,8H2,1-2H3. The van der Waals surface area contributed by atoms with E-state index in [1.807, 2.05) is 19.9 Å². The van der Waals surface area contributed by atoms with Gasteiger partial charge in [0.1, 0.15) is 6.54 Å². The smallest absolute Gasteiger partial charge is 0.207 e. The summed E-state index contributed by atoms with van der Waals surface area (Å²) in [5.41, 5.74) is 2.01. The Hall–Kier alpha value is -1.38. The van der Waals surface area contributed by atoms with Crippen molar-refractivity contribution >= 4 is 10.0 Å². The fourth-order valence-electron chi connectivity index (χ4n) is 1.85. The number of benzene rings is 1. The second-order valence-electron chi connectivity index (χ2n) is 4.69. The number of hydrogen-bond acceptors (Lipinski definition) is 3. The number of aryl methyl sites for hydroxylation is 2. The van der Waals surface area contributed by atoms with Crippen molar-refractivity contribution in [2.24, 2.45) is 0 Å². The average Bonchev–Trinajstić information content (AvgIpc) is 3.13. The zero-order valence-corrected chi connectivity index (χ0v) is 11.4. The molecular formula is C13H16N2O2S. The fourth-order valence-corrected chi connectivity index (χ4v) is 3.52. The molecule has 0 saturated heterocycles. The summed E-state index contributed by atoms with van der Waals surface area (Å²) in [7, 11) is -3.53. The summed E-state index contributed by atoms with van der Waals surface area (Å²) in [6.45, 7) is 3.76. The highest BCUT2D eigenvalue weighted by molar-refractivity contribution is 7.89. The third kappa shape index (κ3) is 2.40. The van der Waals surface area contributed by atoms with Gasteiger partial charge in [0.25, 0.3) is 0 Å². The van der Waals surface area contributed by atoms with E-state index in [9.17, 15) is 8.42 Å². The van der Waals surface area contributed by atoms with Crippen LogP contribution in [0.3, 0.4) is 0 Å². The van der Waals surface area contributed by atoms with Crippen LogP contribution in [0.1, 0.15) is 24.0 Å². The molecule has 1 saturated carbocycles. The Kier molecular flexibility index (Phi) is 3.42. The molecule has 0 amide bonds. The molecule has 0 aliphatic heterocycles. The minimum absolute atomic E-state index is 0.0104. The Labute approximate surface area is 108 Å². The zero-order valence-electron chi connectivity index (χ0n) is 10.5. The maximum Gasteiger partial charge on any atom is 0.244 e. The molecule has 5 heteroatoms. The highest BCUT2D eigenvalue weighted by atomic mass is 32.2. The van der Waals surface area contributed by atoms with Crippen molar-refractivity contribution in [3.63, 3.8) is 0 Å². The van der Waals surface area contributed by atoms with Crippen LogP contribution in [0.5, 0.6) is 0 Å². The predicted octanol–water partition coefficient (Wildman–Crippen LogP) is 1.98. The van der Waals surface area contributed by atoms with Crippen molar-refractivity contribution < 1.29 is 8.42 Å². The van der Waals surface area contributed by atoms with Gasteiger partial charge in [-0.05, 0) is 49.9 Å². The van der Waals surface area contributed by atoms with Crippen LogP contribution in [-0.4, -0.2) is 25.3 Å². The van der Waals surface area contributed by atoms with Crippen molar-refractivity contribution in [2.45, 2.75) is 37.6 Å². The Morgan fingerprint density at radius 2 is 2.00 bits per heavy atom. The predicted molar refractivity (Wildman–Crippen MR) is 68.4 cm³/mol. The third-order valence-electron chi connectivity index (χ3n) is 3.27. The van der Waals surface area contributed by atoms with Gasteiger partial charge in [-0.15, -0.1) is 0 Å². The largest absolute Gasteiger partial charge is 0.244 e. The Morgan fingerprint density at radius 3 is 2.50 bits per heavy atom. The molecule has 0 atom stereocenters. The van der Waals surface area contributed by atoms with Crippen molar-refractivity contribution in [3.8, 4) is 6.07 Å². The SMILES string of the molecule is Cc1ccc(S(=O)(=O)N(CC#N)C2CC2)cc1C. The normalized spacial score (nSPS) is 15.7. The molecule has 0 radical (unpaired) electrons. The summed E-state index contributed by atoms with van der Waals surface area (Å²) in [4.78, 5) is 0.285. The molecule has 0 aromatic heterocycles. The molecule has 1 aromatic rings. The number of hydrogen-bond donors (Lipinski definition) is 0. The highest BCUT2D eigenvalue weighted by Gasteiger charge is 2.37. The molecule has 0 N–H and O–H groups in total. The van der Waals surface area contributed by atoms with E-state index >= 15 is 0 Å². The molecule has 0 heterocycles. The topological polar surface area (TPSA) is 61.2 Å². The molecule has 1 aliphatic carbocycles. The maximum absolute atomic E-state index is 12.4. The summed E-state index contributed by atoms with van der Waals surface area (Å²) in [5, 5.41) is 8.77. The van der Waals surface area contributed by atoms with Crippen LogP contribution in [0.25, 0.3) is 0 Å². The monoisotopic (exact) mass is 264 g/mol. The Morgan fingerprint density at radius 1 is 1.33 bits per heavy atom. The molecule has 96 valence electrons. The van der Waals surface area contributed by atoms with Gasteiger partial charge >= 0.3 is 0 Å². The molecule has 18 heavy (non-hydrogen) atoms. The van der Waals surface area contributed by atoms with Crippen molar-refractivity contribution in [1.29, 1.82) is 5.26 Å². The Bertz CT molecular complexity index is 598. The van der Waals surface area contributed by atoms with Gasteiger partial charge in [0, 0.05) is 6.04 Å². The number of rotatable bonds is 4. The van der Waals surface area contributed by atoms with Gasteiger partial charge in [-0.1, -0.05) is 6.07 Å². The molecule has 1 aliphatic rings. The lowest BCUT2D eigenvalue weighted by Gasteiger charge is -2.19. The van der Waals surface area contributed by atoms with Gasteiger partial charge in [0.15, 0.2) is 0 Å². The van der Waals surface area contributed by atoms with Gasteiger partial charge in [0.2, 0.25) is 10.0 Å². The molecule has 0 spiro atoms. The number of sulfonamides is 1. The lowest BCUT2D eigenvalue weighted by molar-refractivity contribution is 0.439. The first-order chi connectivity index (χ1) is 8.46. The first-order valence-electron chi connectivity index (χ1n) is 5.93. The Balaban J connectivity index is 2.40. The first kappa shape index (κ1) is 13.1. The van der Waals surface area contributed by atoms with E-state index in [1.165, 1.54) is 4.31 Å². The van der Waals surface area contributed by atoms with Crippen LogP contribution < -0.4 is 0 Å². The van der Waals surface area contributed by atoms with Crippen LogP contribution in [0, 0.1) is 25.2 Å². The first-order valence-corrected chi connectivity index (χ1v) is 7.37. The number of nitrogens with zero attached hydrogens (tertiary/aromatic N) is 2. The van der Waals surface area contributed by atoms with E-state index in [0.29, 0.717) is 0 Å². The van der Waals surface area contributed by atoms with Gasteiger partial charge in [-0.25, -0.2) is 8.42 Å². The molecule has 0 unspecified atom stereocenters. The van der Waals surface area contributed by atoms with Gasteiger partial charge in [-0.2, -0.15) is 9.57 Å². The molecule has 2 rings (SSSR count). The second kappa shape index (κ2) is 4.71. The van der Waals surface area contributed by atoms with Crippen LogP contribution in [0.2, 0.25) is 0 Å². The van der Waals surface area contributed by atoms with Crippen LogP contribution in [0.4, 0.5) is 0 Å². The van der Waals surface area contributed by atoms with E-state index in [4.69, 9.17) is 5.26 Å². The summed E-state index contributed by atoms with van der Waals surface area (Å²) in [6.07, 6.45) is 1.71. The van der Waals surface area contributed by atoms with E-state index < -0.39 is 10.0 Å². The number of nitriles is 1. The van der Waals surface area contributed by atoms with Gasteiger partial charge in [-0.3, -0.25) is 0 Å². The van der Waals surface area contributed by atoms with E-state index in [-0.39, 0.29) is 17.5 Å². The van der Waals surface area contributed by atoms with E-state index in [1.54, 1.807) is 18.2 Å². The van der Waals surface area contributed by atoms with Crippen molar-refractivity contribution in [3.05, 3.63) is 29.3 Å². The van der Waals surface area contributed by atoms with Crippen LogP contribution in [-0.2, 0) is 10.0 Å². The molecule has 0 bridgehead atoms. The summed E-state index contributed by atoms with van der Waals surface area (Å²) in [5.74, 6) is 0. The minimum atomic E-state index is -3.53. The maximum atomic E-state index is 12.4. The third-order valence-corrected chi connectivity index (χ3v) is 5.16. The van der Waals surface area contributed by atoms with Crippen molar-refractivity contribution in [1.82, 2.24) is 4.31 Å². The van der Waals surface area contributed by atoms with E-state index in [2.05, 4.69) is 0 Å². The van der Waals surface area contributed by atoms with Gasteiger partial charge in [0.05, 0.1) is 11.0 Å². The van der Waals surface area contributed by atoms with Crippen molar-refractivity contribution in [2.75, 3.05) is 6.54 Å².